The first-order valence-corrected chi connectivity index (χ1v) is 44.8. The summed E-state index contributed by atoms with van der Waals surface area (Å²) in [6, 6.07) is 0. The van der Waals surface area contributed by atoms with Crippen molar-refractivity contribution in [2.24, 2.45) is 0 Å². The number of phosphoric acid groups is 1. The van der Waals surface area contributed by atoms with Crippen LogP contribution in [0.4, 0.5) is 0 Å². The van der Waals surface area contributed by atoms with Crippen molar-refractivity contribution in [1.82, 2.24) is 0 Å². The predicted molar refractivity (Wildman–Crippen MR) is 434 cm³/mol. The SMILES string of the molecule is CC/C=C\C/C=C\C/C=C\C/C=C\CCCCCCCCCCCCCCCCCCCCCCCCCCCCC(=O)OC(COC(=O)CCCCCCCCCCCCCCCCCCCCCCCC/C=C\C/C=C\C/C=C\CCCCCCC)COP(=O)([O-])OCC[N+](C)(C)C. The van der Waals surface area contributed by atoms with Crippen LogP contribution in [-0.2, 0) is 32.7 Å². The molecule has 0 heterocycles. The normalized spacial score (nSPS) is 13.4. The van der Waals surface area contributed by atoms with Gasteiger partial charge in [-0.1, -0.05) is 407 Å². The molecule has 0 spiro atoms. The molecular formula is C90H166NO8P. The van der Waals surface area contributed by atoms with E-state index < -0.39 is 26.5 Å². The van der Waals surface area contributed by atoms with Gasteiger partial charge in [0.1, 0.15) is 19.8 Å². The van der Waals surface area contributed by atoms with Crippen LogP contribution in [-0.4, -0.2) is 70.0 Å². The van der Waals surface area contributed by atoms with Gasteiger partial charge in [0, 0.05) is 12.8 Å². The van der Waals surface area contributed by atoms with Crippen LogP contribution in [0.5, 0.6) is 0 Å². The van der Waals surface area contributed by atoms with Crippen molar-refractivity contribution in [2.45, 2.75) is 431 Å². The van der Waals surface area contributed by atoms with Gasteiger partial charge in [-0.15, -0.1) is 0 Å². The van der Waals surface area contributed by atoms with Crippen LogP contribution in [0.1, 0.15) is 425 Å². The lowest BCUT2D eigenvalue weighted by molar-refractivity contribution is -0.870. The van der Waals surface area contributed by atoms with Gasteiger partial charge in [-0.25, -0.2) is 0 Å². The van der Waals surface area contributed by atoms with Crippen molar-refractivity contribution in [3.8, 4) is 0 Å². The third-order valence-electron chi connectivity index (χ3n) is 19.4. The number of nitrogens with zero attached hydrogens (tertiary/aromatic N) is 1. The summed E-state index contributed by atoms with van der Waals surface area (Å²) in [7, 11) is 1.19. The van der Waals surface area contributed by atoms with Crippen LogP contribution in [0.15, 0.2) is 85.1 Å². The highest BCUT2D eigenvalue weighted by molar-refractivity contribution is 7.45. The molecule has 0 aromatic heterocycles. The van der Waals surface area contributed by atoms with E-state index in [0.29, 0.717) is 17.4 Å². The average molecular weight is 1420 g/mol. The van der Waals surface area contributed by atoms with Gasteiger partial charge in [-0.2, -0.15) is 0 Å². The van der Waals surface area contributed by atoms with E-state index in [9.17, 15) is 19.0 Å². The fourth-order valence-electron chi connectivity index (χ4n) is 12.8. The maximum absolute atomic E-state index is 12.9. The summed E-state index contributed by atoms with van der Waals surface area (Å²) in [5, 5.41) is 0. The molecule has 0 aliphatic heterocycles. The van der Waals surface area contributed by atoms with Crippen molar-refractivity contribution in [3.63, 3.8) is 0 Å². The second kappa shape index (κ2) is 80.3. The second-order valence-electron chi connectivity index (χ2n) is 30.5. The molecule has 100 heavy (non-hydrogen) atoms. The summed E-state index contributed by atoms with van der Waals surface area (Å²) in [5.74, 6) is -0.810. The molecule has 0 aromatic rings. The van der Waals surface area contributed by atoms with E-state index in [1.807, 2.05) is 21.1 Å². The Morgan fingerprint density at radius 2 is 0.570 bits per heavy atom. The minimum Gasteiger partial charge on any atom is -0.756 e. The summed E-state index contributed by atoms with van der Waals surface area (Å²) < 4.78 is 34.5. The van der Waals surface area contributed by atoms with Crippen LogP contribution in [0.25, 0.3) is 0 Å². The van der Waals surface area contributed by atoms with Gasteiger partial charge < -0.3 is 27.9 Å². The Balaban J connectivity index is 3.87. The Morgan fingerprint density at radius 1 is 0.320 bits per heavy atom. The van der Waals surface area contributed by atoms with E-state index in [1.54, 1.807) is 0 Å². The van der Waals surface area contributed by atoms with Gasteiger partial charge in [-0.05, 0) is 89.9 Å². The van der Waals surface area contributed by atoms with E-state index >= 15 is 0 Å². The molecule has 2 unspecified atom stereocenters. The van der Waals surface area contributed by atoms with Gasteiger partial charge >= 0.3 is 11.9 Å². The number of likely N-dealkylation sites (N-methyl/N-ethyl adjacent to an activating group) is 1. The van der Waals surface area contributed by atoms with Crippen LogP contribution < -0.4 is 4.89 Å². The Hall–Kier alpha value is -2.81. The van der Waals surface area contributed by atoms with Crippen molar-refractivity contribution >= 4 is 19.8 Å². The summed E-state index contributed by atoms with van der Waals surface area (Å²) in [5.41, 5.74) is 0. The molecule has 0 rings (SSSR count). The summed E-state index contributed by atoms with van der Waals surface area (Å²) in [6.45, 7) is 4.18. The first kappa shape index (κ1) is 97.2. The number of carbonyl (C=O) groups is 2. The van der Waals surface area contributed by atoms with Crippen molar-refractivity contribution < 1.29 is 42.1 Å². The molecular weight excluding hydrogens is 1250 g/mol. The number of quaternary nitrogens is 1. The number of carbonyl (C=O) groups excluding carboxylic acids is 2. The van der Waals surface area contributed by atoms with Gasteiger partial charge in [0.15, 0.2) is 6.10 Å². The molecule has 0 fully saturated rings. The molecule has 584 valence electrons. The van der Waals surface area contributed by atoms with E-state index in [4.69, 9.17) is 18.5 Å². The lowest BCUT2D eigenvalue weighted by Gasteiger charge is -2.28. The third-order valence-corrected chi connectivity index (χ3v) is 20.4. The van der Waals surface area contributed by atoms with Gasteiger partial charge in [0.05, 0.1) is 27.7 Å². The average Bonchev–Trinajstić information content (AvgIpc) is 1.07. The van der Waals surface area contributed by atoms with Gasteiger partial charge in [0.25, 0.3) is 7.82 Å². The van der Waals surface area contributed by atoms with E-state index in [0.717, 1.165) is 70.6 Å². The maximum atomic E-state index is 12.9. The molecule has 2 atom stereocenters. The van der Waals surface area contributed by atoms with Crippen molar-refractivity contribution in [1.29, 1.82) is 0 Å². The lowest BCUT2D eigenvalue weighted by Crippen LogP contribution is -2.37. The third kappa shape index (κ3) is 84.1. The first-order chi connectivity index (χ1) is 49.0. The fourth-order valence-corrected chi connectivity index (χ4v) is 13.6. The smallest absolute Gasteiger partial charge is 0.306 e. The summed E-state index contributed by atoms with van der Waals surface area (Å²) in [6.07, 6.45) is 112. The molecule has 0 aliphatic carbocycles. The van der Waals surface area contributed by atoms with Gasteiger partial charge in [-0.3, -0.25) is 14.2 Å². The molecule has 0 N–H and O–H groups in total. The van der Waals surface area contributed by atoms with E-state index in [-0.39, 0.29) is 32.0 Å². The summed E-state index contributed by atoms with van der Waals surface area (Å²) in [4.78, 5) is 38.2. The van der Waals surface area contributed by atoms with E-state index in [2.05, 4.69) is 98.9 Å². The highest BCUT2D eigenvalue weighted by atomic mass is 31.2. The van der Waals surface area contributed by atoms with Gasteiger partial charge in [0.2, 0.25) is 0 Å². The highest BCUT2D eigenvalue weighted by Crippen LogP contribution is 2.38. The molecule has 9 nitrogen and oxygen atoms in total. The number of phosphoric ester groups is 1. The monoisotopic (exact) mass is 1420 g/mol. The lowest BCUT2D eigenvalue weighted by atomic mass is 10.0. The molecule has 0 aromatic carbocycles. The van der Waals surface area contributed by atoms with Crippen LogP contribution in [0, 0.1) is 0 Å². The fraction of sp³-hybridized carbons (Fsp3) is 0.822. The number of hydrogen-bond donors (Lipinski definition) is 0. The molecule has 0 amide bonds. The van der Waals surface area contributed by atoms with Crippen LogP contribution in [0.3, 0.4) is 0 Å². The molecule has 0 saturated heterocycles. The quantitative estimate of drug-likeness (QED) is 0.0195. The Kier molecular flexibility index (Phi) is 78.0. The van der Waals surface area contributed by atoms with E-state index in [1.165, 1.54) is 321 Å². The standard InChI is InChI=1S/C90H166NO8P/c1-6-8-10-12-14-16-18-20-22-24-26-28-30-32-34-36-38-40-42-44-45-47-49-51-53-55-57-59-61-63-65-67-69-71-73-75-77-79-81-83-90(93)99-88(87-98-100(94,95)97-85-84-91(3,4)5)86-96-89(92)82-80-78-76-74-72-70-68-66-64-62-60-58-56-54-52-50-48-46-43-41-39-37-35-33-31-29-27-25-23-21-19-17-15-13-11-9-7-2/h8,10,14,16,19-22,25-28,31,33,88H,6-7,9,11-13,15,17-18,23-24,29-30,32,34-87H2,1-5H3/b10-8-,16-14-,21-19-,22-20-,27-25-,28-26-,33-31-. The van der Waals surface area contributed by atoms with Crippen molar-refractivity contribution in [2.75, 3.05) is 47.5 Å². The first-order valence-electron chi connectivity index (χ1n) is 43.3. The number of ether oxygens (including phenoxy) is 2. The predicted octanol–water partition coefficient (Wildman–Crippen LogP) is 28.5. The number of hydrogen-bond acceptors (Lipinski definition) is 8. The topological polar surface area (TPSA) is 111 Å². The molecule has 0 radical (unpaired) electrons. The number of unbranched alkanes of at least 4 members (excludes halogenated alkanes) is 53. The minimum atomic E-state index is -4.65. The largest absolute Gasteiger partial charge is 0.756 e. The minimum absolute atomic E-state index is 0.0290. The Labute approximate surface area is 621 Å². The highest BCUT2D eigenvalue weighted by Gasteiger charge is 2.22. The zero-order valence-electron chi connectivity index (χ0n) is 66.9. The zero-order valence-corrected chi connectivity index (χ0v) is 67.8. The molecule has 10 heteroatoms. The molecule has 0 saturated carbocycles. The second-order valence-corrected chi connectivity index (χ2v) is 31.9. The Bertz CT molecular complexity index is 1970. The maximum Gasteiger partial charge on any atom is 0.306 e. The van der Waals surface area contributed by atoms with Crippen LogP contribution >= 0.6 is 7.82 Å². The van der Waals surface area contributed by atoms with Crippen molar-refractivity contribution in [3.05, 3.63) is 85.1 Å². The number of esters is 2. The number of allylic oxidation sites excluding steroid dienone is 14. The molecule has 0 aliphatic rings. The number of rotatable bonds is 81. The Morgan fingerprint density at radius 3 is 0.850 bits per heavy atom. The molecule has 0 bridgehead atoms. The summed E-state index contributed by atoms with van der Waals surface area (Å²) >= 11 is 0. The van der Waals surface area contributed by atoms with Crippen LogP contribution in [0.2, 0.25) is 0 Å². The zero-order chi connectivity index (χ0) is 72.5.